The van der Waals surface area contributed by atoms with E-state index in [1.807, 2.05) is 30.9 Å². The van der Waals surface area contributed by atoms with Gasteiger partial charge in [0, 0.05) is 18.4 Å². The molecule has 0 aliphatic heterocycles. The number of aryl methyl sites for hydroxylation is 2. The summed E-state index contributed by atoms with van der Waals surface area (Å²) in [6, 6.07) is 5.07. The van der Waals surface area contributed by atoms with Crippen LogP contribution in [-0.2, 0) is 6.54 Å². The fraction of sp³-hybridized carbons (Fsp3) is 0.286. The molecule has 0 saturated carbocycles. The molecule has 0 unspecified atom stereocenters. The number of carbonyl (C=O) groups is 1. The summed E-state index contributed by atoms with van der Waals surface area (Å²) in [6.07, 6.45) is 3.81. The van der Waals surface area contributed by atoms with Crippen molar-refractivity contribution in [2.24, 2.45) is 0 Å². The lowest BCUT2D eigenvalue weighted by Crippen LogP contribution is -2.11. The average Bonchev–Trinajstić information content (AvgIpc) is 2.77. The standard InChI is InChI=1S/C14H17N3O2/c1-10-8-16-17(9-10)6-5-15-13-4-3-12(14(18)19)7-11(13)2/h3-4,7-9,15H,5-6H2,1-2H3,(H,18,19). The molecular formula is C14H17N3O2. The number of carboxylic acid groups (broad SMARTS) is 1. The van der Waals surface area contributed by atoms with Crippen molar-refractivity contribution < 1.29 is 9.90 Å². The van der Waals surface area contributed by atoms with Crippen LogP contribution in [0, 0.1) is 13.8 Å². The van der Waals surface area contributed by atoms with E-state index in [9.17, 15) is 4.79 Å². The highest BCUT2D eigenvalue weighted by atomic mass is 16.4. The van der Waals surface area contributed by atoms with Crippen LogP contribution in [-0.4, -0.2) is 27.4 Å². The van der Waals surface area contributed by atoms with Crippen molar-refractivity contribution in [3.8, 4) is 0 Å². The molecule has 0 radical (unpaired) electrons. The molecule has 0 bridgehead atoms. The molecule has 0 atom stereocenters. The quantitative estimate of drug-likeness (QED) is 0.864. The van der Waals surface area contributed by atoms with Gasteiger partial charge in [0.25, 0.3) is 0 Å². The van der Waals surface area contributed by atoms with Crippen LogP contribution in [0.25, 0.3) is 0 Å². The first-order chi connectivity index (χ1) is 9.06. The third kappa shape index (κ3) is 3.34. The molecule has 100 valence electrons. The molecule has 0 aliphatic carbocycles. The van der Waals surface area contributed by atoms with Crippen molar-refractivity contribution in [1.82, 2.24) is 9.78 Å². The first kappa shape index (κ1) is 13.1. The molecule has 5 heteroatoms. The van der Waals surface area contributed by atoms with E-state index in [4.69, 9.17) is 5.11 Å². The van der Waals surface area contributed by atoms with E-state index in [1.54, 1.807) is 18.2 Å². The number of rotatable bonds is 5. The zero-order chi connectivity index (χ0) is 13.8. The maximum Gasteiger partial charge on any atom is 0.335 e. The van der Waals surface area contributed by atoms with Crippen LogP contribution >= 0.6 is 0 Å². The third-order valence-corrected chi connectivity index (χ3v) is 2.89. The molecular weight excluding hydrogens is 242 g/mol. The Hall–Kier alpha value is -2.30. The van der Waals surface area contributed by atoms with Crippen LogP contribution < -0.4 is 5.32 Å². The smallest absolute Gasteiger partial charge is 0.335 e. The summed E-state index contributed by atoms with van der Waals surface area (Å²) < 4.78 is 1.88. The van der Waals surface area contributed by atoms with Crippen LogP contribution in [0.4, 0.5) is 5.69 Å². The highest BCUT2D eigenvalue weighted by molar-refractivity contribution is 5.88. The molecule has 0 aliphatic rings. The van der Waals surface area contributed by atoms with E-state index in [0.717, 1.165) is 29.9 Å². The van der Waals surface area contributed by atoms with E-state index in [2.05, 4.69) is 10.4 Å². The van der Waals surface area contributed by atoms with Crippen molar-refractivity contribution in [3.63, 3.8) is 0 Å². The van der Waals surface area contributed by atoms with Gasteiger partial charge in [-0.25, -0.2) is 4.79 Å². The average molecular weight is 259 g/mol. The topological polar surface area (TPSA) is 67.2 Å². The first-order valence-corrected chi connectivity index (χ1v) is 6.13. The second kappa shape index (κ2) is 5.56. The molecule has 2 rings (SSSR count). The maximum atomic E-state index is 10.8. The highest BCUT2D eigenvalue weighted by Crippen LogP contribution is 2.16. The van der Waals surface area contributed by atoms with E-state index in [0.29, 0.717) is 5.56 Å². The van der Waals surface area contributed by atoms with Crippen LogP contribution in [0.5, 0.6) is 0 Å². The number of carboxylic acids is 1. The van der Waals surface area contributed by atoms with E-state index >= 15 is 0 Å². The molecule has 0 amide bonds. The van der Waals surface area contributed by atoms with Crippen LogP contribution in [0.2, 0.25) is 0 Å². The summed E-state index contributed by atoms with van der Waals surface area (Å²) in [5.74, 6) is -0.901. The van der Waals surface area contributed by atoms with Gasteiger partial charge in [-0.1, -0.05) is 0 Å². The van der Waals surface area contributed by atoms with Gasteiger partial charge in [0.15, 0.2) is 0 Å². The van der Waals surface area contributed by atoms with Gasteiger partial charge in [-0.05, 0) is 43.2 Å². The fourth-order valence-electron chi connectivity index (χ4n) is 1.89. The number of benzene rings is 1. The SMILES string of the molecule is Cc1cnn(CCNc2ccc(C(=O)O)cc2C)c1. The predicted molar refractivity (Wildman–Crippen MR) is 73.6 cm³/mol. The fourth-order valence-corrected chi connectivity index (χ4v) is 1.89. The van der Waals surface area contributed by atoms with Crippen molar-refractivity contribution in [2.45, 2.75) is 20.4 Å². The lowest BCUT2D eigenvalue weighted by molar-refractivity contribution is 0.0697. The van der Waals surface area contributed by atoms with Crippen molar-refractivity contribution in [3.05, 3.63) is 47.3 Å². The molecule has 0 saturated heterocycles. The van der Waals surface area contributed by atoms with E-state index in [-0.39, 0.29) is 0 Å². The number of hydrogen-bond donors (Lipinski definition) is 2. The molecule has 1 aromatic heterocycles. The van der Waals surface area contributed by atoms with Gasteiger partial charge in [-0.15, -0.1) is 0 Å². The molecule has 0 fully saturated rings. The van der Waals surface area contributed by atoms with Gasteiger partial charge in [0.2, 0.25) is 0 Å². The third-order valence-electron chi connectivity index (χ3n) is 2.89. The molecule has 19 heavy (non-hydrogen) atoms. The summed E-state index contributed by atoms with van der Waals surface area (Å²) >= 11 is 0. The van der Waals surface area contributed by atoms with Crippen LogP contribution in [0.1, 0.15) is 21.5 Å². The Kier molecular flexibility index (Phi) is 3.85. The Morgan fingerprint density at radius 2 is 2.21 bits per heavy atom. The summed E-state index contributed by atoms with van der Waals surface area (Å²) in [5, 5.41) is 16.4. The van der Waals surface area contributed by atoms with Crippen molar-refractivity contribution in [1.29, 1.82) is 0 Å². The number of hydrogen-bond acceptors (Lipinski definition) is 3. The second-order valence-electron chi connectivity index (χ2n) is 4.54. The Morgan fingerprint density at radius 3 is 2.79 bits per heavy atom. The normalized spacial score (nSPS) is 10.4. The lowest BCUT2D eigenvalue weighted by Gasteiger charge is -2.10. The Balaban J connectivity index is 1.94. The molecule has 5 nitrogen and oxygen atoms in total. The van der Waals surface area contributed by atoms with Crippen molar-refractivity contribution >= 4 is 11.7 Å². The minimum Gasteiger partial charge on any atom is -0.478 e. The summed E-state index contributed by atoms with van der Waals surface area (Å²) in [6.45, 7) is 5.42. The Morgan fingerprint density at radius 1 is 1.42 bits per heavy atom. The molecule has 2 aromatic rings. The number of nitrogens with zero attached hydrogens (tertiary/aromatic N) is 2. The van der Waals surface area contributed by atoms with Gasteiger partial charge in [-0.2, -0.15) is 5.10 Å². The highest BCUT2D eigenvalue weighted by Gasteiger charge is 2.05. The largest absolute Gasteiger partial charge is 0.478 e. The Labute approximate surface area is 111 Å². The Bertz CT molecular complexity index is 590. The zero-order valence-corrected chi connectivity index (χ0v) is 11.1. The number of aromatic nitrogens is 2. The van der Waals surface area contributed by atoms with Gasteiger partial charge >= 0.3 is 5.97 Å². The van der Waals surface area contributed by atoms with E-state index < -0.39 is 5.97 Å². The summed E-state index contributed by atoms with van der Waals surface area (Å²) in [7, 11) is 0. The second-order valence-corrected chi connectivity index (χ2v) is 4.54. The molecule has 1 heterocycles. The number of aromatic carboxylic acids is 1. The van der Waals surface area contributed by atoms with Gasteiger partial charge in [-0.3, -0.25) is 4.68 Å². The predicted octanol–water partition coefficient (Wildman–Crippen LogP) is 2.31. The van der Waals surface area contributed by atoms with Crippen LogP contribution in [0.15, 0.2) is 30.6 Å². The van der Waals surface area contributed by atoms with Gasteiger partial charge in [0.05, 0.1) is 18.3 Å². The molecule has 1 aromatic carbocycles. The monoisotopic (exact) mass is 259 g/mol. The molecule has 2 N–H and O–H groups in total. The first-order valence-electron chi connectivity index (χ1n) is 6.13. The van der Waals surface area contributed by atoms with E-state index in [1.165, 1.54) is 0 Å². The zero-order valence-electron chi connectivity index (χ0n) is 11.1. The molecule has 0 spiro atoms. The lowest BCUT2D eigenvalue weighted by atomic mass is 10.1. The van der Waals surface area contributed by atoms with Crippen molar-refractivity contribution in [2.75, 3.05) is 11.9 Å². The minimum absolute atomic E-state index is 0.311. The summed E-state index contributed by atoms with van der Waals surface area (Å²) in [4.78, 5) is 10.8. The number of anilines is 1. The van der Waals surface area contributed by atoms with Gasteiger partial charge in [0.1, 0.15) is 0 Å². The maximum absolute atomic E-state index is 10.8. The van der Waals surface area contributed by atoms with Crippen LogP contribution in [0.3, 0.4) is 0 Å². The number of nitrogens with one attached hydrogen (secondary N) is 1. The summed E-state index contributed by atoms with van der Waals surface area (Å²) in [5.41, 5.74) is 3.33. The minimum atomic E-state index is -0.901. The van der Waals surface area contributed by atoms with Gasteiger partial charge < -0.3 is 10.4 Å².